The summed E-state index contributed by atoms with van der Waals surface area (Å²) < 4.78 is 0. The van der Waals surface area contributed by atoms with Crippen molar-refractivity contribution in [2.45, 2.75) is 6.92 Å². The molecule has 0 aliphatic rings. The zero-order valence-corrected chi connectivity index (χ0v) is 10.0. The number of ketones is 1. The Morgan fingerprint density at radius 1 is 1.19 bits per heavy atom. The van der Waals surface area contributed by atoms with Gasteiger partial charge in [0, 0.05) is 15.7 Å². The van der Waals surface area contributed by atoms with Gasteiger partial charge in [-0.25, -0.2) is 4.79 Å². The standard InChI is InChI=1S/C10H10Cl2N2O2/c1-6(15)5-13-10(16)14-9-3-7(11)2-8(12)4-9/h2-4H,5H2,1H3,(H2,13,14,16). The third kappa shape index (κ3) is 4.51. The van der Waals surface area contributed by atoms with Crippen LogP contribution in [0.3, 0.4) is 0 Å². The molecule has 0 atom stereocenters. The number of carbonyl (C=O) groups excluding carboxylic acids is 2. The van der Waals surface area contributed by atoms with Gasteiger partial charge in [0.05, 0.1) is 6.54 Å². The fourth-order valence-electron chi connectivity index (χ4n) is 1.01. The van der Waals surface area contributed by atoms with E-state index in [9.17, 15) is 9.59 Å². The van der Waals surface area contributed by atoms with Crippen molar-refractivity contribution in [3.05, 3.63) is 28.2 Å². The zero-order chi connectivity index (χ0) is 12.1. The van der Waals surface area contributed by atoms with Crippen molar-refractivity contribution in [3.8, 4) is 0 Å². The third-order valence-electron chi connectivity index (χ3n) is 1.62. The number of anilines is 1. The lowest BCUT2D eigenvalue weighted by Crippen LogP contribution is -2.32. The maximum Gasteiger partial charge on any atom is 0.319 e. The van der Waals surface area contributed by atoms with Crippen molar-refractivity contribution in [2.75, 3.05) is 11.9 Å². The van der Waals surface area contributed by atoms with Crippen LogP contribution in [-0.2, 0) is 4.79 Å². The van der Waals surface area contributed by atoms with Gasteiger partial charge in [0.15, 0.2) is 0 Å². The van der Waals surface area contributed by atoms with E-state index in [1.165, 1.54) is 6.92 Å². The summed E-state index contributed by atoms with van der Waals surface area (Å²) in [4.78, 5) is 21.9. The summed E-state index contributed by atoms with van der Waals surface area (Å²) >= 11 is 11.5. The maximum absolute atomic E-state index is 11.3. The molecule has 1 rings (SSSR count). The van der Waals surface area contributed by atoms with Crippen LogP contribution in [0, 0.1) is 0 Å². The first-order valence-electron chi connectivity index (χ1n) is 4.48. The van der Waals surface area contributed by atoms with Crippen molar-refractivity contribution in [1.29, 1.82) is 0 Å². The first-order chi connectivity index (χ1) is 7.47. The number of hydrogen-bond donors (Lipinski definition) is 2. The Labute approximate surface area is 103 Å². The summed E-state index contributed by atoms with van der Waals surface area (Å²) in [6.07, 6.45) is 0. The molecule has 2 N–H and O–H groups in total. The summed E-state index contributed by atoms with van der Waals surface area (Å²) in [5, 5.41) is 5.74. The van der Waals surface area contributed by atoms with Gasteiger partial charge in [0.1, 0.15) is 5.78 Å². The van der Waals surface area contributed by atoms with E-state index in [0.29, 0.717) is 15.7 Å². The Morgan fingerprint density at radius 2 is 1.75 bits per heavy atom. The summed E-state index contributed by atoms with van der Waals surface area (Å²) in [7, 11) is 0. The Balaban J connectivity index is 2.59. The minimum atomic E-state index is -0.478. The fourth-order valence-corrected chi connectivity index (χ4v) is 1.53. The van der Waals surface area contributed by atoms with E-state index < -0.39 is 6.03 Å². The largest absolute Gasteiger partial charge is 0.331 e. The average molecular weight is 261 g/mol. The molecule has 0 saturated carbocycles. The molecule has 2 amide bonds. The Hall–Kier alpha value is -1.26. The Morgan fingerprint density at radius 3 is 2.25 bits per heavy atom. The van der Waals surface area contributed by atoms with Crippen molar-refractivity contribution in [1.82, 2.24) is 5.32 Å². The minimum Gasteiger partial charge on any atom is -0.331 e. The number of benzene rings is 1. The molecule has 0 radical (unpaired) electrons. The molecule has 1 aromatic carbocycles. The van der Waals surface area contributed by atoms with E-state index in [4.69, 9.17) is 23.2 Å². The second kappa shape index (κ2) is 5.72. The van der Waals surface area contributed by atoms with Crippen LogP contribution in [0.2, 0.25) is 10.0 Å². The van der Waals surface area contributed by atoms with Crippen molar-refractivity contribution >= 4 is 40.7 Å². The van der Waals surface area contributed by atoms with E-state index >= 15 is 0 Å². The molecule has 0 bridgehead atoms. The Bertz CT molecular complexity index is 401. The topological polar surface area (TPSA) is 58.2 Å². The first-order valence-corrected chi connectivity index (χ1v) is 5.23. The van der Waals surface area contributed by atoms with Gasteiger partial charge >= 0.3 is 6.03 Å². The maximum atomic E-state index is 11.3. The van der Waals surface area contributed by atoms with Crippen molar-refractivity contribution in [3.63, 3.8) is 0 Å². The highest BCUT2D eigenvalue weighted by Gasteiger charge is 2.04. The summed E-state index contributed by atoms with van der Waals surface area (Å²) in [5.74, 6) is -0.126. The van der Waals surface area contributed by atoms with E-state index in [-0.39, 0.29) is 12.3 Å². The predicted octanol–water partition coefficient (Wildman–Crippen LogP) is 2.70. The molecule has 0 fully saturated rings. The predicted molar refractivity (Wildman–Crippen MR) is 64.2 cm³/mol. The number of carbonyl (C=O) groups is 2. The number of amides is 2. The SMILES string of the molecule is CC(=O)CNC(=O)Nc1cc(Cl)cc(Cl)c1. The van der Waals surface area contributed by atoms with Gasteiger partial charge in [-0.2, -0.15) is 0 Å². The molecule has 0 aliphatic heterocycles. The fraction of sp³-hybridized carbons (Fsp3) is 0.200. The smallest absolute Gasteiger partial charge is 0.319 e. The van der Waals surface area contributed by atoms with Crippen LogP contribution in [-0.4, -0.2) is 18.4 Å². The van der Waals surface area contributed by atoms with Gasteiger partial charge in [-0.3, -0.25) is 4.79 Å². The molecule has 0 heterocycles. The number of hydrogen-bond acceptors (Lipinski definition) is 2. The van der Waals surface area contributed by atoms with Crippen LogP contribution in [0.15, 0.2) is 18.2 Å². The number of Topliss-reactive ketones (excluding diaryl/α,β-unsaturated/α-hetero) is 1. The Kier molecular flexibility index (Phi) is 4.58. The summed E-state index contributed by atoms with van der Waals surface area (Å²) in [6, 6.07) is 4.19. The molecule has 1 aromatic rings. The van der Waals surface area contributed by atoms with Gasteiger partial charge in [-0.1, -0.05) is 23.2 Å². The van der Waals surface area contributed by atoms with Gasteiger partial charge in [-0.05, 0) is 25.1 Å². The van der Waals surface area contributed by atoms with E-state index in [1.54, 1.807) is 18.2 Å². The highest BCUT2D eigenvalue weighted by Crippen LogP contribution is 2.22. The van der Waals surface area contributed by atoms with E-state index in [2.05, 4.69) is 10.6 Å². The molecule has 86 valence electrons. The molecule has 4 nitrogen and oxygen atoms in total. The first kappa shape index (κ1) is 12.8. The van der Waals surface area contributed by atoms with Crippen LogP contribution in [0.25, 0.3) is 0 Å². The van der Waals surface area contributed by atoms with Gasteiger partial charge in [0.25, 0.3) is 0 Å². The highest BCUT2D eigenvalue weighted by atomic mass is 35.5. The molecule has 0 aromatic heterocycles. The van der Waals surface area contributed by atoms with Gasteiger partial charge in [0.2, 0.25) is 0 Å². The van der Waals surface area contributed by atoms with Crippen LogP contribution in [0.4, 0.5) is 10.5 Å². The zero-order valence-electron chi connectivity index (χ0n) is 8.51. The number of rotatable bonds is 3. The van der Waals surface area contributed by atoms with E-state index in [1.807, 2.05) is 0 Å². The lowest BCUT2D eigenvalue weighted by Gasteiger charge is -2.06. The van der Waals surface area contributed by atoms with Crippen LogP contribution < -0.4 is 10.6 Å². The molecule has 0 aliphatic carbocycles. The highest BCUT2D eigenvalue weighted by molar-refractivity contribution is 6.35. The van der Waals surface area contributed by atoms with E-state index in [0.717, 1.165) is 0 Å². The lowest BCUT2D eigenvalue weighted by molar-refractivity contribution is -0.116. The minimum absolute atomic E-state index is 0.0138. The quantitative estimate of drug-likeness (QED) is 0.878. The average Bonchev–Trinajstić information content (AvgIpc) is 2.12. The molecule has 0 unspecified atom stereocenters. The van der Waals surface area contributed by atoms with Crippen LogP contribution in [0.5, 0.6) is 0 Å². The number of nitrogens with one attached hydrogen (secondary N) is 2. The molecule has 0 spiro atoms. The summed E-state index contributed by atoms with van der Waals surface area (Å²) in [5.41, 5.74) is 0.471. The molecular weight excluding hydrogens is 251 g/mol. The van der Waals surface area contributed by atoms with Crippen LogP contribution in [0.1, 0.15) is 6.92 Å². The summed E-state index contributed by atoms with van der Waals surface area (Å²) in [6.45, 7) is 1.37. The molecule has 6 heteroatoms. The second-order valence-electron chi connectivity index (χ2n) is 3.17. The van der Waals surface area contributed by atoms with Gasteiger partial charge < -0.3 is 10.6 Å². The number of halogens is 2. The molecule has 16 heavy (non-hydrogen) atoms. The van der Waals surface area contributed by atoms with Crippen LogP contribution >= 0.6 is 23.2 Å². The lowest BCUT2D eigenvalue weighted by atomic mass is 10.3. The van der Waals surface area contributed by atoms with Crippen molar-refractivity contribution in [2.24, 2.45) is 0 Å². The van der Waals surface area contributed by atoms with Crippen molar-refractivity contribution < 1.29 is 9.59 Å². The normalized spacial score (nSPS) is 9.69. The molecule has 0 saturated heterocycles. The monoisotopic (exact) mass is 260 g/mol. The molecular formula is C10H10Cl2N2O2. The second-order valence-corrected chi connectivity index (χ2v) is 4.04. The number of urea groups is 1. The van der Waals surface area contributed by atoms with Gasteiger partial charge in [-0.15, -0.1) is 0 Å². The third-order valence-corrected chi connectivity index (χ3v) is 2.05.